The van der Waals surface area contributed by atoms with Crippen molar-refractivity contribution in [2.75, 3.05) is 50.8 Å². The summed E-state index contributed by atoms with van der Waals surface area (Å²) < 4.78 is 5.67. The van der Waals surface area contributed by atoms with E-state index < -0.39 is 0 Å². The maximum Gasteiger partial charge on any atom is 0.226 e. The fourth-order valence-electron chi connectivity index (χ4n) is 5.43. The Hall–Kier alpha value is -3.02. The van der Waals surface area contributed by atoms with E-state index in [4.69, 9.17) is 4.74 Å². The molecular weight excluding hydrogens is 414 g/mol. The largest absolute Gasteiger partial charge is 0.493 e. The highest BCUT2D eigenvalue weighted by atomic mass is 16.5. The van der Waals surface area contributed by atoms with Gasteiger partial charge in [0.2, 0.25) is 11.8 Å². The predicted molar refractivity (Wildman–Crippen MR) is 128 cm³/mol. The average molecular weight is 448 g/mol. The Morgan fingerprint density at radius 1 is 0.818 bits per heavy atom. The second kappa shape index (κ2) is 9.46. The van der Waals surface area contributed by atoms with Gasteiger partial charge in [-0.1, -0.05) is 36.4 Å². The second-order valence-electron chi connectivity index (χ2n) is 9.56. The van der Waals surface area contributed by atoms with Crippen molar-refractivity contribution in [3.05, 3.63) is 60.7 Å². The number of para-hydroxylation sites is 2. The van der Waals surface area contributed by atoms with Crippen molar-refractivity contribution in [3.8, 4) is 5.75 Å². The van der Waals surface area contributed by atoms with Crippen LogP contribution in [-0.4, -0.2) is 67.5 Å². The number of likely N-dealkylation sites (tertiary alicyclic amines) is 1. The van der Waals surface area contributed by atoms with Gasteiger partial charge < -0.3 is 19.4 Å². The number of piperazine rings is 1. The lowest BCUT2D eigenvalue weighted by Crippen LogP contribution is -2.50. The molecule has 1 atom stereocenters. The van der Waals surface area contributed by atoms with Gasteiger partial charge in [0.1, 0.15) is 5.75 Å². The lowest BCUT2D eigenvalue weighted by Gasteiger charge is -2.37. The summed E-state index contributed by atoms with van der Waals surface area (Å²) in [5.41, 5.74) is 1.36. The fraction of sp³-hybridized carbons (Fsp3) is 0.481. The van der Waals surface area contributed by atoms with Crippen molar-refractivity contribution in [1.82, 2.24) is 9.80 Å². The number of rotatable bonds is 6. The van der Waals surface area contributed by atoms with Crippen LogP contribution < -0.4 is 9.64 Å². The topological polar surface area (TPSA) is 53.1 Å². The molecule has 0 bridgehead atoms. The van der Waals surface area contributed by atoms with Crippen molar-refractivity contribution >= 4 is 17.5 Å². The number of nitrogens with zero attached hydrogens (tertiary/aromatic N) is 3. The van der Waals surface area contributed by atoms with Gasteiger partial charge in [0.15, 0.2) is 0 Å². The molecule has 2 aliphatic heterocycles. The predicted octanol–water partition coefficient (Wildman–Crippen LogP) is 3.43. The normalized spacial score (nSPS) is 21.7. The molecule has 0 radical (unpaired) electrons. The van der Waals surface area contributed by atoms with Crippen LogP contribution >= 0.6 is 0 Å². The van der Waals surface area contributed by atoms with Gasteiger partial charge in [0.25, 0.3) is 0 Å². The Balaban J connectivity index is 1.05. The quantitative estimate of drug-likeness (QED) is 0.681. The first-order chi connectivity index (χ1) is 16.1. The maximum absolute atomic E-state index is 13.2. The zero-order valence-electron chi connectivity index (χ0n) is 19.2. The van der Waals surface area contributed by atoms with E-state index >= 15 is 0 Å². The Morgan fingerprint density at radius 3 is 2.12 bits per heavy atom. The molecule has 6 nitrogen and oxygen atoms in total. The number of anilines is 1. The van der Waals surface area contributed by atoms with Crippen LogP contribution in [-0.2, 0) is 9.59 Å². The highest BCUT2D eigenvalue weighted by molar-refractivity contribution is 5.83. The third kappa shape index (κ3) is 4.85. The number of piperidine rings is 1. The summed E-state index contributed by atoms with van der Waals surface area (Å²) in [7, 11) is 0. The van der Waals surface area contributed by atoms with Gasteiger partial charge in [-0.25, -0.2) is 0 Å². The van der Waals surface area contributed by atoms with Crippen molar-refractivity contribution in [2.24, 2.45) is 11.3 Å². The molecule has 0 aromatic heterocycles. The zero-order valence-corrected chi connectivity index (χ0v) is 19.2. The SMILES string of the molecule is O=C(CCOc1ccccc1)N1CCC2(CC1)CC2C(=O)N1CCN(c2ccccc2)CC1. The van der Waals surface area contributed by atoms with E-state index in [1.807, 2.05) is 41.3 Å². The minimum atomic E-state index is 0.130. The summed E-state index contributed by atoms with van der Waals surface area (Å²) in [5, 5.41) is 0. The van der Waals surface area contributed by atoms with Gasteiger partial charge in [-0.3, -0.25) is 9.59 Å². The van der Waals surface area contributed by atoms with Crippen LogP contribution in [0.1, 0.15) is 25.7 Å². The second-order valence-corrected chi connectivity index (χ2v) is 9.56. The van der Waals surface area contributed by atoms with Gasteiger partial charge >= 0.3 is 0 Å². The molecule has 0 N–H and O–H groups in total. The zero-order chi connectivity index (χ0) is 22.7. The number of hydrogen-bond donors (Lipinski definition) is 0. The third-order valence-corrected chi connectivity index (χ3v) is 7.64. The number of hydrogen-bond acceptors (Lipinski definition) is 4. The first-order valence-electron chi connectivity index (χ1n) is 12.2. The molecule has 33 heavy (non-hydrogen) atoms. The van der Waals surface area contributed by atoms with E-state index in [1.165, 1.54) is 5.69 Å². The molecule has 2 heterocycles. The van der Waals surface area contributed by atoms with Gasteiger partial charge in [-0.2, -0.15) is 0 Å². The smallest absolute Gasteiger partial charge is 0.226 e. The molecule has 1 unspecified atom stereocenters. The molecule has 1 spiro atoms. The first-order valence-corrected chi connectivity index (χ1v) is 12.2. The molecule has 6 heteroatoms. The van der Waals surface area contributed by atoms with Crippen LogP contribution in [0, 0.1) is 11.3 Å². The summed E-state index contributed by atoms with van der Waals surface area (Å²) in [4.78, 5) is 32.2. The van der Waals surface area contributed by atoms with Crippen molar-refractivity contribution < 1.29 is 14.3 Å². The third-order valence-electron chi connectivity index (χ3n) is 7.64. The number of carbonyl (C=O) groups excluding carboxylic acids is 2. The van der Waals surface area contributed by atoms with Gasteiger partial charge in [-0.15, -0.1) is 0 Å². The van der Waals surface area contributed by atoms with Crippen LogP contribution in [0.15, 0.2) is 60.7 Å². The van der Waals surface area contributed by atoms with Crippen LogP contribution in [0.4, 0.5) is 5.69 Å². The molecule has 2 aromatic carbocycles. The fourth-order valence-corrected chi connectivity index (χ4v) is 5.43. The Morgan fingerprint density at radius 2 is 1.45 bits per heavy atom. The Bertz CT molecular complexity index is 949. The summed E-state index contributed by atoms with van der Waals surface area (Å²) in [6.07, 6.45) is 3.27. The maximum atomic E-state index is 13.2. The summed E-state index contributed by atoms with van der Waals surface area (Å²) >= 11 is 0. The van der Waals surface area contributed by atoms with E-state index in [2.05, 4.69) is 34.1 Å². The number of amides is 2. The van der Waals surface area contributed by atoms with Crippen LogP contribution in [0.5, 0.6) is 5.75 Å². The van der Waals surface area contributed by atoms with Gasteiger partial charge in [-0.05, 0) is 48.9 Å². The molecule has 2 aromatic rings. The molecule has 1 saturated carbocycles. The molecule has 2 amide bonds. The van der Waals surface area contributed by atoms with E-state index in [0.717, 1.165) is 64.3 Å². The monoisotopic (exact) mass is 447 g/mol. The van der Waals surface area contributed by atoms with E-state index in [9.17, 15) is 9.59 Å². The Kier molecular flexibility index (Phi) is 6.25. The van der Waals surface area contributed by atoms with Crippen LogP contribution in [0.3, 0.4) is 0 Å². The summed E-state index contributed by atoms with van der Waals surface area (Å²) in [5.74, 6) is 1.44. The lowest BCUT2D eigenvalue weighted by atomic mass is 9.90. The minimum absolute atomic E-state index is 0.130. The number of ether oxygens (including phenoxy) is 1. The van der Waals surface area contributed by atoms with Gasteiger partial charge in [0.05, 0.1) is 13.0 Å². The van der Waals surface area contributed by atoms with E-state index in [1.54, 1.807) is 0 Å². The van der Waals surface area contributed by atoms with Crippen molar-refractivity contribution in [1.29, 1.82) is 0 Å². The minimum Gasteiger partial charge on any atom is -0.493 e. The van der Waals surface area contributed by atoms with Crippen molar-refractivity contribution in [2.45, 2.75) is 25.7 Å². The Labute approximate surface area is 196 Å². The standard InChI is InChI=1S/C27H33N3O3/c31-25(11-20-33-23-9-5-2-6-10-23)29-14-12-27(13-15-29)21-24(27)26(32)30-18-16-28(17-19-30)22-7-3-1-4-8-22/h1-10,24H,11-21H2. The van der Waals surface area contributed by atoms with Crippen LogP contribution in [0.25, 0.3) is 0 Å². The molecule has 5 rings (SSSR count). The highest BCUT2D eigenvalue weighted by Crippen LogP contribution is 2.60. The first kappa shape index (κ1) is 21.8. The molecule has 174 valence electrons. The van der Waals surface area contributed by atoms with Crippen LogP contribution in [0.2, 0.25) is 0 Å². The summed E-state index contributed by atoms with van der Waals surface area (Å²) in [6.45, 7) is 5.30. The van der Waals surface area contributed by atoms with E-state index in [0.29, 0.717) is 18.9 Å². The lowest BCUT2D eigenvalue weighted by molar-refractivity contribution is -0.135. The highest BCUT2D eigenvalue weighted by Gasteiger charge is 2.59. The molecule has 2 saturated heterocycles. The van der Waals surface area contributed by atoms with E-state index in [-0.39, 0.29) is 17.2 Å². The molecule has 3 aliphatic rings. The summed E-state index contributed by atoms with van der Waals surface area (Å²) in [6, 6.07) is 20.0. The van der Waals surface area contributed by atoms with Crippen molar-refractivity contribution in [3.63, 3.8) is 0 Å². The molecule has 1 aliphatic carbocycles. The number of benzene rings is 2. The average Bonchev–Trinajstić information content (AvgIpc) is 3.58. The molecule has 3 fully saturated rings. The molecular formula is C27H33N3O3. The van der Waals surface area contributed by atoms with Gasteiger partial charge in [0, 0.05) is 50.9 Å². The number of carbonyl (C=O) groups is 2.